The molecule has 0 spiro atoms. The topological polar surface area (TPSA) is 80.7 Å². The van der Waals surface area contributed by atoms with Crippen LogP contribution >= 0.6 is 11.3 Å². The predicted molar refractivity (Wildman–Crippen MR) is 106 cm³/mol. The van der Waals surface area contributed by atoms with Crippen LogP contribution in [0.3, 0.4) is 0 Å². The third-order valence-electron chi connectivity index (χ3n) is 5.59. The summed E-state index contributed by atoms with van der Waals surface area (Å²) < 4.78 is 71.2. The Balaban J connectivity index is 2.27. The van der Waals surface area contributed by atoms with Crippen molar-refractivity contribution in [3.8, 4) is 11.1 Å². The molecule has 1 aliphatic rings. The van der Waals surface area contributed by atoms with Crippen LogP contribution in [0, 0.1) is 13.8 Å². The second kappa shape index (κ2) is 7.65. The molecule has 0 saturated heterocycles. The van der Waals surface area contributed by atoms with Gasteiger partial charge >= 0.3 is 12.1 Å². The quantitative estimate of drug-likeness (QED) is 0.687. The van der Waals surface area contributed by atoms with Crippen LogP contribution in [0.25, 0.3) is 11.1 Å². The van der Waals surface area contributed by atoms with Crippen molar-refractivity contribution in [3.05, 3.63) is 39.6 Å². The zero-order valence-electron chi connectivity index (χ0n) is 16.5. The first-order valence-corrected chi connectivity index (χ1v) is 11.5. The van der Waals surface area contributed by atoms with Crippen molar-refractivity contribution >= 4 is 27.1 Å². The molecule has 2 aromatic rings. The number of aryl methyl sites for hydroxylation is 2. The Hall–Kier alpha value is -1.91. The Kier molecular flexibility index (Phi) is 5.81. The fourth-order valence-corrected chi connectivity index (χ4v) is 7.44. The fourth-order valence-electron chi connectivity index (χ4n) is 4.19. The molecular formula is C20H21F3O5S2. The summed E-state index contributed by atoms with van der Waals surface area (Å²) in [5, 5.41) is 9.79. The molecule has 10 heteroatoms. The summed E-state index contributed by atoms with van der Waals surface area (Å²) in [4.78, 5) is 12.7. The number of benzene rings is 1. The van der Waals surface area contributed by atoms with Crippen LogP contribution in [0.4, 0.5) is 13.2 Å². The molecule has 2 unspecified atom stereocenters. The van der Waals surface area contributed by atoms with Crippen LogP contribution in [0.2, 0.25) is 0 Å². The van der Waals surface area contributed by atoms with Crippen LogP contribution in [0.5, 0.6) is 0 Å². The van der Waals surface area contributed by atoms with E-state index in [0.29, 0.717) is 5.56 Å². The van der Waals surface area contributed by atoms with Gasteiger partial charge in [0.1, 0.15) is 0 Å². The summed E-state index contributed by atoms with van der Waals surface area (Å²) in [5.74, 6) is -1.70. The minimum absolute atomic E-state index is 0.134. The average molecular weight is 463 g/mol. The third-order valence-corrected chi connectivity index (χ3v) is 9.09. The van der Waals surface area contributed by atoms with E-state index >= 15 is 0 Å². The van der Waals surface area contributed by atoms with E-state index in [1.54, 1.807) is 13.0 Å². The number of rotatable bonds is 5. The molecule has 1 aliphatic carbocycles. The summed E-state index contributed by atoms with van der Waals surface area (Å²) in [6.45, 7) is 3.60. The van der Waals surface area contributed by atoms with Gasteiger partial charge in [-0.3, -0.25) is 4.79 Å². The van der Waals surface area contributed by atoms with Crippen molar-refractivity contribution in [2.45, 2.75) is 55.0 Å². The molecule has 3 rings (SSSR count). The van der Waals surface area contributed by atoms with Gasteiger partial charge in [-0.25, -0.2) is 8.42 Å². The summed E-state index contributed by atoms with van der Waals surface area (Å²) in [5.41, 5.74) is -0.566. The molecule has 1 heterocycles. The van der Waals surface area contributed by atoms with E-state index in [1.165, 1.54) is 24.5 Å². The molecule has 5 nitrogen and oxygen atoms in total. The number of methoxy groups -OCH3 is 1. The maximum absolute atomic E-state index is 13.9. The lowest BCUT2D eigenvalue weighted by atomic mass is 10.0. The number of hydrogen-bond donors (Lipinski definition) is 1. The van der Waals surface area contributed by atoms with Crippen molar-refractivity contribution in [1.29, 1.82) is 0 Å². The van der Waals surface area contributed by atoms with E-state index in [2.05, 4.69) is 0 Å². The van der Waals surface area contributed by atoms with Crippen LogP contribution in [0.1, 0.15) is 34.6 Å². The summed E-state index contributed by atoms with van der Waals surface area (Å²) >= 11 is 1.42. The van der Waals surface area contributed by atoms with Gasteiger partial charge in [-0.05, 0) is 62.4 Å². The van der Waals surface area contributed by atoms with Crippen LogP contribution in [-0.4, -0.2) is 37.5 Å². The number of hydrogen-bond acceptors (Lipinski definition) is 5. The zero-order valence-corrected chi connectivity index (χ0v) is 18.2. The highest BCUT2D eigenvalue weighted by Gasteiger charge is 2.61. The summed E-state index contributed by atoms with van der Waals surface area (Å²) in [6.07, 6.45) is -6.18. The predicted octanol–water partition coefficient (Wildman–Crippen LogP) is 4.85. The molecule has 1 N–H and O–H groups in total. The van der Waals surface area contributed by atoms with E-state index in [-0.39, 0.29) is 24.8 Å². The van der Waals surface area contributed by atoms with Gasteiger partial charge in [0.2, 0.25) is 0 Å². The standard InChI is InChI=1S/C20H21F3O5S2/c1-11-9-14(12(2)29-11)13-6-7-16(15(10-13)20(21,22)23)30(26,27)19(18(24)25)8-4-5-17(19)28-3/h6-7,9-10,17H,4-5,8H2,1-3H3,(H,24,25). The van der Waals surface area contributed by atoms with Crippen molar-refractivity contribution in [2.24, 2.45) is 0 Å². The lowest BCUT2D eigenvalue weighted by Gasteiger charge is -2.31. The van der Waals surface area contributed by atoms with Crippen molar-refractivity contribution in [3.63, 3.8) is 0 Å². The van der Waals surface area contributed by atoms with E-state index < -0.39 is 43.3 Å². The Labute approximate surface area is 176 Å². The number of carboxylic acids is 1. The molecule has 0 radical (unpaired) electrons. The highest BCUT2D eigenvalue weighted by atomic mass is 32.2. The minimum atomic E-state index is -4.99. The Bertz CT molecular complexity index is 1090. The van der Waals surface area contributed by atoms with Crippen LogP contribution < -0.4 is 0 Å². The maximum Gasteiger partial charge on any atom is 0.417 e. The highest BCUT2D eigenvalue weighted by Crippen LogP contribution is 2.46. The monoisotopic (exact) mass is 462 g/mol. The SMILES string of the molecule is COC1CCCC1(C(=O)O)S(=O)(=O)c1ccc(-c2cc(C)sc2C)cc1C(F)(F)F. The number of thiophene rings is 1. The Morgan fingerprint density at radius 3 is 2.43 bits per heavy atom. The van der Waals surface area contributed by atoms with Gasteiger partial charge in [0.25, 0.3) is 0 Å². The number of ether oxygens (including phenoxy) is 1. The summed E-state index contributed by atoms with van der Waals surface area (Å²) in [7, 11) is -3.76. The molecule has 2 atom stereocenters. The average Bonchev–Trinajstić information content (AvgIpc) is 3.24. The van der Waals surface area contributed by atoms with Crippen molar-refractivity contribution in [1.82, 2.24) is 0 Å². The smallest absolute Gasteiger partial charge is 0.417 e. The van der Waals surface area contributed by atoms with Crippen molar-refractivity contribution in [2.75, 3.05) is 7.11 Å². The molecule has 30 heavy (non-hydrogen) atoms. The number of aliphatic carboxylic acids is 1. The van der Waals surface area contributed by atoms with Gasteiger partial charge in [0, 0.05) is 16.9 Å². The third kappa shape index (κ3) is 3.44. The largest absolute Gasteiger partial charge is 0.480 e. The number of alkyl halides is 3. The first-order chi connectivity index (χ1) is 13.9. The molecular weight excluding hydrogens is 441 g/mol. The van der Waals surface area contributed by atoms with Gasteiger partial charge in [-0.1, -0.05) is 6.07 Å². The Morgan fingerprint density at radius 2 is 1.93 bits per heavy atom. The second-order valence-corrected chi connectivity index (χ2v) is 11.0. The number of carboxylic acid groups (broad SMARTS) is 1. The molecule has 164 valence electrons. The fraction of sp³-hybridized carbons (Fsp3) is 0.450. The maximum atomic E-state index is 13.9. The lowest BCUT2D eigenvalue weighted by Crippen LogP contribution is -2.53. The number of carbonyl (C=O) groups is 1. The molecule has 1 aromatic heterocycles. The van der Waals surface area contributed by atoms with Gasteiger partial charge < -0.3 is 9.84 Å². The summed E-state index contributed by atoms with van der Waals surface area (Å²) in [6, 6.07) is 4.69. The normalized spacial score (nSPS) is 22.4. The molecule has 0 aliphatic heterocycles. The number of halogens is 3. The second-order valence-electron chi connectivity index (χ2n) is 7.35. The zero-order chi connectivity index (χ0) is 22.5. The van der Waals surface area contributed by atoms with Gasteiger partial charge in [-0.2, -0.15) is 13.2 Å². The number of sulfone groups is 1. The van der Waals surface area contributed by atoms with Gasteiger partial charge in [0.15, 0.2) is 14.6 Å². The molecule has 1 aromatic carbocycles. The highest BCUT2D eigenvalue weighted by molar-refractivity contribution is 7.93. The van der Waals surface area contributed by atoms with E-state index in [1.807, 2.05) is 6.92 Å². The minimum Gasteiger partial charge on any atom is -0.480 e. The van der Waals surface area contributed by atoms with Crippen LogP contribution in [-0.2, 0) is 25.5 Å². The first-order valence-electron chi connectivity index (χ1n) is 9.15. The lowest BCUT2D eigenvalue weighted by molar-refractivity contribution is -0.144. The first kappa shape index (κ1) is 22.8. The van der Waals surface area contributed by atoms with Crippen molar-refractivity contribution < 1.29 is 36.2 Å². The molecule has 1 fully saturated rings. The van der Waals surface area contributed by atoms with E-state index in [0.717, 1.165) is 21.9 Å². The molecule has 0 amide bonds. The molecule has 1 saturated carbocycles. The van der Waals surface area contributed by atoms with Gasteiger partial charge in [-0.15, -0.1) is 11.3 Å². The Morgan fingerprint density at radius 1 is 1.27 bits per heavy atom. The van der Waals surface area contributed by atoms with E-state index in [9.17, 15) is 31.5 Å². The molecule has 0 bridgehead atoms. The van der Waals surface area contributed by atoms with Crippen LogP contribution in [0.15, 0.2) is 29.2 Å². The van der Waals surface area contributed by atoms with Gasteiger partial charge in [0.05, 0.1) is 16.6 Å². The van der Waals surface area contributed by atoms with E-state index in [4.69, 9.17) is 4.74 Å².